The molecule has 12 heteroatoms. The van der Waals surface area contributed by atoms with E-state index in [0.29, 0.717) is 0 Å². The van der Waals surface area contributed by atoms with E-state index in [1.807, 2.05) is 0 Å². The topological polar surface area (TPSA) is 214 Å². The number of rotatable bonds is 13. The monoisotopic (exact) mass is 417 g/mol. The van der Waals surface area contributed by atoms with Crippen molar-refractivity contribution in [2.45, 2.75) is 64.3 Å². The van der Waals surface area contributed by atoms with Gasteiger partial charge in [-0.05, 0) is 25.7 Å². The molecule has 0 aliphatic carbocycles. The van der Waals surface area contributed by atoms with Crippen LogP contribution in [0.15, 0.2) is 0 Å². The number of primary amides is 1. The molecule has 9 N–H and O–H groups in total. The van der Waals surface area contributed by atoms with Crippen LogP contribution in [-0.4, -0.2) is 70.6 Å². The highest BCUT2D eigenvalue weighted by Crippen LogP contribution is 2.06. The summed E-state index contributed by atoms with van der Waals surface area (Å²) in [6.07, 6.45) is -1.19. The van der Waals surface area contributed by atoms with Crippen LogP contribution in [0, 0.1) is 5.92 Å². The predicted octanol–water partition coefficient (Wildman–Crippen LogP) is -2.82. The molecule has 0 aromatic rings. The van der Waals surface area contributed by atoms with Gasteiger partial charge < -0.3 is 37.6 Å². The number of aliphatic hydroxyl groups is 1. The third-order valence-corrected chi connectivity index (χ3v) is 3.87. The highest BCUT2D eigenvalue weighted by molar-refractivity contribution is 5.92. The van der Waals surface area contributed by atoms with Crippen LogP contribution in [0.2, 0.25) is 0 Å². The van der Waals surface area contributed by atoms with E-state index in [1.165, 1.54) is 6.92 Å². The molecular formula is C17H31N5O7. The smallest absolute Gasteiger partial charge is 0.328 e. The van der Waals surface area contributed by atoms with Crippen molar-refractivity contribution in [3.8, 4) is 0 Å². The normalized spacial score (nSPS) is 15.0. The zero-order valence-electron chi connectivity index (χ0n) is 16.8. The largest absolute Gasteiger partial charge is 0.480 e. The Kier molecular flexibility index (Phi) is 11.5. The first-order valence-corrected chi connectivity index (χ1v) is 9.17. The maximum absolute atomic E-state index is 12.4. The number of carbonyl (C=O) groups is 5. The Bertz CT molecular complexity index is 609. The molecule has 0 aliphatic heterocycles. The van der Waals surface area contributed by atoms with E-state index in [9.17, 15) is 29.1 Å². The maximum atomic E-state index is 12.4. The van der Waals surface area contributed by atoms with Gasteiger partial charge in [0.15, 0.2) is 6.04 Å². The van der Waals surface area contributed by atoms with E-state index in [-0.39, 0.29) is 25.2 Å². The zero-order chi connectivity index (χ0) is 22.7. The summed E-state index contributed by atoms with van der Waals surface area (Å²) in [5.74, 6) is -4.16. The lowest BCUT2D eigenvalue weighted by molar-refractivity contribution is -0.145. The average Bonchev–Trinajstić information content (AvgIpc) is 2.60. The molecule has 0 spiro atoms. The Morgan fingerprint density at radius 2 is 1.59 bits per heavy atom. The minimum Gasteiger partial charge on any atom is -0.480 e. The van der Waals surface area contributed by atoms with E-state index >= 15 is 0 Å². The third kappa shape index (κ3) is 11.0. The van der Waals surface area contributed by atoms with Gasteiger partial charge in [0.2, 0.25) is 23.6 Å². The lowest BCUT2D eigenvalue weighted by atomic mass is 10.0. The summed E-state index contributed by atoms with van der Waals surface area (Å²) < 4.78 is 0. The van der Waals surface area contributed by atoms with Gasteiger partial charge in [-0.2, -0.15) is 0 Å². The van der Waals surface area contributed by atoms with Crippen molar-refractivity contribution in [2.24, 2.45) is 17.4 Å². The van der Waals surface area contributed by atoms with E-state index in [1.54, 1.807) is 13.8 Å². The number of aliphatic hydroxyl groups excluding tert-OH is 1. The number of carbonyl (C=O) groups excluding carboxylic acids is 4. The Labute approximate surface area is 168 Å². The number of nitrogens with one attached hydrogen (secondary N) is 3. The van der Waals surface area contributed by atoms with Gasteiger partial charge in [0.25, 0.3) is 0 Å². The fourth-order valence-electron chi connectivity index (χ4n) is 2.32. The summed E-state index contributed by atoms with van der Waals surface area (Å²) in [7, 11) is 0. The van der Waals surface area contributed by atoms with E-state index in [4.69, 9.17) is 16.6 Å². The average molecular weight is 417 g/mol. The summed E-state index contributed by atoms with van der Waals surface area (Å²) in [5, 5.41) is 25.4. The molecule has 4 atom stereocenters. The molecule has 0 radical (unpaired) electrons. The summed E-state index contributed by atoms with van der Waals surface area (Å²) in [4.78, 5) is 58.1. The van der Waals surface area contributed by atoms with Crippen molar-refractivity contribution in [2.75, 3.05) is 6.54 Å². The second-order valence-corrected chi connectivity index (χ2v) is 7.14. The Hall–Kier alpha value is -2.73. The minimum atomic E-state index is -1.53. The molecule has 0 aromatic heterocycles. The Balaban J connectivity index is 4.82. The van der Waals surface area contributed by atoms with Crippen LogP contribution < -0.4 is 27.4 Å². The molecule has 0 saturated carbocycles. The highest BCUT2D eigenvalue weighted by atomic mass is 16.4. The molecule has 29 heavy (non-hydrogen) atoms. The van der Waals surface area contributed by atoms with Gasteiger partial charge in [-0.25, -0.2) is 4.79 Å². The van der Waals surface area contributed by atoms with Gasteiger partial charge in [-0.1, -0.05) is 13.8 Å². The number of carboxylic acid groups (broad SMARTS) is 1. The molecular weight excluding hydrogens is 386 g/mol. The zero-order valence-corrected chi connectivity index (χ0v) is 16.8. The molecule has 4 amide bonds. The second-order valence-electron chi connectivity index (χ2n) is 7.14. The maximum Gasteiger partial charge on any atom is 0.328 e. The van der Waals surface area contributed by atoms with Crippen LogP contribution in [0.25, 0.3) is 0 Å². The van der Waals surface area contributed by atoms with Crippen molar-refractivity contribution >= 4 is 29.6 Å². The fourth-order valence-corrected chi connectivity index (χ4v) is 2.32. The first-order chi connectivity index (χ1) is 13.3. The van der Waals surface area contributed by atoms with Crippen LogP contribution in [0.4, 0.5) is 0 Å². The highest BCUT2D eigenvalue weighted by Gasteiger charge is 2.30. The quantitative estimate of drug-likeness (QED) is 0.165. The number of aliphatic carboxylic acids is 1. The molecule has 0 aliphatic rings. The summed E-state index contributed by atoms with van der Waals surface area (Å²) >= 11 is 0. The standard InChI is InChI=1S/C17H31N5O7/c1-8(2)6-11(16(27)22-14(9(3)23)17(28)29)21-13(25)7-20-15(26)10(18)4-5-12(19)24/h8-11,14,23H,4-7,18H2,1-3H3,(H2,19,24)(H,20,26)(H,21,25)(H,22,27)(H,28,29). The van der Waals surface area contributed by atoms with Crippen molar-refractivity contribution in [1.82, 2.24) is 16.0 Å². The number of nitrogens with two attached hydrogens (primary N) is 2. The van der Waals surface area contributed by atoms with E-state index in [0.717, 1.165) is 0 Å². The van der Waals surface area contributed by atoms with Gasteiger partial charge >= 0.3 is 5.97 Å². The van der Waals surface area contributed by atoms with Crippen LogP contribution in [-0.2, 0) is 24.0 Å². The predicted molar refractivity (Wildman–Crippen MR) is 102 cm³/mol. The SMILES string of the molecule is CC(C)CC(NC(=O)CNC(=O)C(N)CCC(N)=O)C(=O)NC(C(=O)O)C(C)O. The molecule has 0 heterocycles. The van der Waals surface area contributed by atoms with Crippen molar-refractivity contribution in [1.29, 1.82) is 0 Å². The summed E-state index contributed by atoms with van der Waals surface area (Å²) in [5.41, 5.74) is 10.6. The van der Waals surface area contributed by atoms with Gasteiger partial charge in [-0.3, -0.25) is 19.2 Å². The third-order valence-electron chi connectivity index (χ3n) is 3.87. The number of hydrogen-bond donors (Lipinski definition) is 7. The summed E-state index contributed by atoms with van der Waals surface area (Å²) in [6, 6.07) is -3.62. The molecule has 0 saturated heterocycles. The lowest BCUT2D eigenvalue weighted by Crippen LogP contribution is -2.56. The van der Waals surface area contributed by atoms with Gasteiger partial charge in [0.1, 0.15) is 6.04 Å². The van der Waals surface area contributed by atoms with Crippen LogP contribution >= 0.6 is 0 Å². The number of hydrogen-bond acceptors (Lipinski definition) is 7. The first kappa shape index (κ1) is 26.3. The number of amides is 4. The Morgan fingerprint density at radius 3 is 2.03 bits per heavy atom. The van der Waals surface area contributed by atoms with E-state index in [2.05, 4.69) is 16.0 Å². The van der Waals surface area contributed by atoms with Crippen LogP contribution in [0.1, 0.15) is 40.0 Å². The minimum absolute atomic E-state index is 0.0160. The van der Waals surface area contributed by atoms with Crippen molar-refractivity contribution in [3.63, 3.8) is 0 Å². The molecule has 0 fully saturated rings. The van der Waals surface area contributed by atoms with Gasteiger partial charge in [-0.15, -0.1) is 0 Å². The lowest BCUT2D eigenvalue weighted by Gasteiger charge is -2.24. The first-order valence-electron chi connectivity index (χ1n) is 9.17. The van der Waals surface area contributed by atoms with Crippen LogP contribution in [0.5, 0.6) is 0 Å². The summed E-state index contributed by atoms with van der Waals surface area (Å²) in [6.45, 7) is 4.35. The van der Waals surface area contributed by atoms with Crippen molar-refractivity contribution in [3.05, 3.63) is 0 Å². The Morgan fingerprint density at radius 1 is 1.00 bits per heavy atom. The van der Waals surface area contributed by atoms with Gasteiger partial charge in [0.05, 0.1) is 18.7 Å². The molecule has 0 bridgehead atoms. The fraction of sp³-hybridized carbons (Fsp3) is 0.706. The number of carboxylic acids is 1. The van der Waals surface area contributed by atoms with Gasteiger partial charge in [0, 0.05) is 6.42 Å². The van der Waals surface area contributed by atoms with E-state index < -0.39 is 60.4 Å². The van der Waals surface area contributed by atoms with Crippen LogP contribution in [0.3, 0.4) is 0 Å². The van der Waals surface area contributed by atoms with Crippen molar-refractivity contribution < 1.29 is 34.2 Å². The molecule has 0 rings (SSSR count). The molecule has 166 valence electrons. The molecule has 12 nitrogen and oxygen atoms in total. The molecule has 4 unspecified atom stereocenters. The second kappa shape index (κ2) is 12.7. The molecule has 0 aromatic carbocycles.